The topological polar surface area (TPSA) is 80.9 Å². The Morgan fingerprint density at radius 2 is 1.93 bits per heavy atom. The molecular weight excluding hydrogens is 372 g/mol. The zero-order valence-electron chi connectivity index (χ0n) is 16.1. The van der Waals surface area contributed by atoms with E-state index >= 15 is 0 Å². The van der Waals surface area contributed by atoms with E-state index < -0.39 is 6.09 Å². The summed E-state index contributed by atoms with van der Waals surface area (Å²) in [7, 11) is 1.51. The lowest BCUT2D eigenvalue weighted by Crippen LogP contribution is -2.36. The Kier molecular flexibility index (Phi) is 5.37. The monoisotopic (exact) mass is 394 g/mol. The molecule has 7 nitrogen and oxygen atoms in total. The van der Waals surface area contributed by atoms with E-state index in [0.29, 0.717) is 22.4 Å². The van der Waals surface area contributed by atoms with Gasteiger partial charge in [0.25, 0.3) is 0 Å². The Balaban J connectivity index is 1.47. The predicted octanol–water partition coefficient (Wildman–Crippen LogP) is 3.67. The number of pyridine rings is 1. The van der Waals surface area contributed by atoms with E-state index in [9.17, 15) is 9.59 Å². The molecule has 0 bridgehead atoms. The number of fused-ring (bicyclic) bond motifs is 1. The van der Waals surface area contributed by atoms with Gasteiger partial charge in [0.15, 0.2) is 23.7 Å². The molecule has 0 aliphatic heterocycles. The fourth-order valence-electron chi connectivity index (χ4n) is 3.09. The molecule has 1 aromatic heterocycles. The molecule has 1 N–H and O–H groups in total. The van der Waals surface area contributed by atoms with Crippen molar-refractivity contribution in [2.45, 2.75) is 25.5 Å². The third-order valence-corrected chi connectivity index (χ3v) is 4.83. The molecule has 0 radical (unpaired) electrons. The van der Waals surface area contributed by atoms with Gasteiger partial charge >= 0.3 is 6.09 Å². The van der Waals surface area contributed by atoms with Gasteiger partial charge in [-0.1, -0.05) is 30.3 Å². The van der Waals surface area contributed by atoms with Crippen molar-refractivity contribution in [1.29, 1.82) is 0 Å². The van der Waals surface area contributed by atoms with Crippen LogP contribution in [0.15, 0.2) is 59.5 Å². The van der Waals surface area contributed by atoms with Crippen LogP contribution in [0.1, 0.15) is 18.4 Å². The van der Waals surface area contributed by atoms with Gasteiger partial charge in [-0.15, -0.1) is 0 Å². The number of hydrogen-bond donors (Lipinski definition) is 1. The van der Waals surface area contributed by atoms with Crippen LogP contribution in [-0.4, -0.2) is 35.9 Å². The maximum Gasteiger partial charge on any atom is 0.413 e. The fourth-order valence-corrected chi connectivity index (χ4v) is 3.09. The highest BCUT2D eigenvalue weighted by Gasteiger charge is 2.34. The van der Waals surface area contributed by atoms with Gasteiger partial charge in [0.1, 0.15) is 6.61 Å². The molecule has 2 aromatic carbocycles. The summed E-state index contributed by atoms with van der Waals surface area (Å²) in [4.78, 5) is 29.2. The highest BCUT2D eigenvalue weighted by molar-refractivity contribution is 5.82. The predicted molar refractivity (Wildman–Crippen MR) is 108 cm³/mol. The van der Waals surface area contributed by atoms with Crippen LogP contribution in [0, 0.1) is 0 Å². The number of aromatic nitrogens is 1. The second-order valence-electron chi connectivity index (χ2n) is 6.91. The lowest BCUT2D eigenvalue weighted by Gasteiger charge is -2.22. The van der Waals surface area contributed by atoms with Crippen molar-refractivity contribution in [3.63, 3.8) is 0 Å². The molecule has 7 heteroatoms. The number of H-pyrrole nitrogens is 1. The smallest absolute Gasteiger partial charge is 0.413 e. The molecule has 0 spiro atoms. The lowest BCUT2D eigenvalue weighted by atomic mass is 10.2. The average molecular weight is 394 g/mol. The molecule has 0 atom stereocenters. The van der Waals surface area contributed by atoms with Crippen molar-refractivity contribution in [2.24, 2.45) is 0 Å². The summed E-state index contributed by atoms with van der Waals surface area (Å²) in [6.07, 6.45) is 3.01. The van der Waals surface area contributed by atoms with Crippen LogP contribution in [0.25, 0.3) is 10.9 Å². The number of methoxy groups -OCH3 is 1. The van der Waals surface area contributed by atoms with E-state index in [4.69, 9.17) is 14.2 Å². The maximum atomic E-state index is 12.6. The SMILES string of the molecule is COc1cc2c(=O)cc[nH]c2cc1OCN(C(=O)OCc1ccccc1)C1CC1. The van der Waals surface area contributed by atoms with Gasteiger partial charge in [-0.05, 0) is 24.5 Å². The number of rotatable bonds is 7. The van der Waals surface area contributed by atoms with Crippen LogP contribution in [0.5, 0.6) is 11.5 Å². The molecule has 0 saturated heterocycles. The zero-order chi connectivity index (χ0) is 20.2. The van der Waals surface area contributed by atoms with Gasteiger partial charge in [0, 0.05) is 29.8 Å². The molecule has 29 heavy (non-hydrogen) atoms. The molecular formula is C22H22N2O5. The van der Waals surface area contributed by atoms with E-state index in [2.05, 4.69) is 4.98 Å². The molecule has 1 fully saturated rings. The highest BCUT2D eigenvalue weighted by Crippen LogP contribution is 2.32. The average Bonchev–Trinajstić information content (AvgIpc) is 3.58. The van der Waals surface area contributed by atoms with Gasteiger partial charge in [-0.3, -0.25) is 9.69 Å². The molecule has 1 aliphatic rings. The summed E-state index contributed by atoms with van der Waals surface area (Å²) in [5.74, 6) is 0.881. The molecule has 4 rings (SSSR count). The quantitative estimate of drug-likeness (QED) is 0.619. The summed E-state index contributed by atoms with van der Waals surface area (Å²) in [5, 5.41) is 0.512. The number of aromatic amines is 1. The Bertz CT molecular complexity index is 1060. The van der Waals surface area contributed by atoms with E-state index in [1.54, 1.807) is 23.2 Å². The Hall–Kier alpha value is -3.48. The largest absolute Gasteiger partial charge is 0.493 e. The van der Waals surface area contributed by atoms with E-state index in [0.717, 1.165) is 18.4 Å². The summed E-state index contributed by atoms with van der Waals surface area (Å²) in [5.41, 5.74) is 1.46. The van der Waals surface area contributed by atoms with Crippen molar-refractivity contribution in [3.8, 4) is 11.5 Å². The molecule has 1 saturated carbocycles. The number of hydrogen-bond acceptors (Lipinski definition) is 5. The number of amides is 1. The Labute approximate surface area is 167 Å². The van der Waals surface area contributed by atoms with Crippen molar-refractivity contribution >= 4 is 17.0 Å². The van der Waals surface area contributed by atoms with Gasteiger partial charge < -0.3 is 19.2 Å². The first kappa shape index (κ1) is 18.9. The van der Waals surface area contributed by atoms with Crippen LogP contribution in [0.2, 0.25) is 0 Å². The molecule has 1 heterocycles. The molecule has 1 aliphatic carbocycles. The van der Waals surface area contributed by atoms with Crippen molar-refractivity contribution in [1.82, 2.24) is 9.88 Å². The lowest BCUT2D eigenvalue weighted by molar-refractivity contribution is 0.0607. The van der Waals surface area contributed by atoms with E-state index in [1.165, 1.54) is 13.2 Å². The molecule has 1 amide bonds. The number of carbonyl (C=O) groups is 1. The summed E-state index contributed by atoms with van der Waals surface area (Å²) >= 11 is 0. The number of nitrogens with one attached hydrogen (secondary N) is 1. The second kappa shape index (κ2) is 8.26. The van der Waals surface area contributed by atoms with Gasteiger partial charge in [-0.2, -0.15) is 0 Å². The molecule has 0 unspecified atom stereocenters. The minimum atomic E-state index is -0.412. The summed E-state index contributed by atoms with van der Waals surface area (Å²) in [6.45, 7) is 0.251. The number of nitrogens with zero attached hydrogens (tertiary/aromatic N) is 1. The third kappa shape index (κ3) is 4.34. The van der Waals surface area contributed by atoms with Crippen molar-refractivity contribution in [3.05, 3.63) is 70.5 Å². The second-order valence-corrected chi connectivity index (χ2v) is 6.91. The van der Waals surface area contributed by atoms with Crippen LogP contribution in [0.3, 0.4) is 0 Å². The Morgan fingerprint density at radius 3 is 2.66 bits per heavy atom. The summed E-state index contributed by atoms with van der Waals surface area (Å²) in [6, 6.07) is 14.5. The fraction of sp³-hybridized carbons (Fsp3) is 0.273. The molecule has 150 valence electrons. The maximum absolute atomic E-state index is 12.6. The van der Waals surface area contributed by atoms with Crippen molar-refractivity contribution < 1.29 is 19.0 Å². The standard InChI is InChI=1S/C22H22N2O5/c1-27-20-11-17-18(23-10-9-19(17)25)12-21(20)29-14-24(16-7-8-16)22(26)28-13-15-5-3-2-4-6-15/h2-6,9-12,16H,7-8,13-14H2,1H3,(H,23,25). The number of ether oxygens (including phenoxy) is 3. The minimum absolute atomic E-state index is 0.0389. The normalized spacial score (nSPS) is 13.1. The first-order chi connectivity index (χ1) is 14.2. The minimum Gasteiger partial charge on any atom is -0.493 e. The zero-order valence-corrected chi connectivity index (χ0v) is 16.1. The van der Waals surface area contributed by atoms with Gasteiger partial charge in [0.2, 0.25) is 0 Å². The number of carbonyl (C=O) groups excluding carboxylic acids is 1. The third-order valence-electron chi connectivity index (χ3n) is 4.83. The summed E-state index contributed by atoms with van der Waals surface area (Å²) < 4.78 is 16.7. The first-order valence-electron chi connectivity index (χ1n) is 9.45. The Morgan fingerprint density at radius 1 is 1.14 bits per heavy atom. The van der Waals surface area contributed by atoms with Crippen LogP contribution in [0.4, 0.5) is 4.79 Å². The number of benzene rings is 2. The highest BCUT2D eigenvalue weighted by atomic mass is 16.6. The van der Waals surface area contributed by atoms with E-state index in [-0.39, 0.29) is 24.8 Å². The van der Waals surface area contributed by atoms with Crippen LogP contribution < -0.4 is 14.9 Å². The first-order valence-corrected chi connectivity index (χ1v) is 9.45. The van der Waals surface area contributed by atoms with Gasteiger partial charge in [-0.25, -0.2) is 4.79 Å². The van der Waals surface area contributed by atoms with E-state index in [1.807, 2.05) is 30.3 Å². The van der Waals surface area contributed by atoms with Gasteiger partial charge in [0.05, 0.1) is 12.6 Å². The van der Waals surface area contributed by atoms with Crippen LogP contribution in [-0.2, 0) is 11.3 Å². The van der Waals surface area contributed by atoms with Crippen molar-refractivity contribution in [2.75, 3.05) is 13.8 Å². The van der Waals surface area contributed by atoms with Crippen LogP contribution >= 0.6 is 0 Å². The molecule has 3 aromatic rings.